The minimum atomic E-state index is -0.449. The van der Waals surface area contributed by atoms with Gasteiger partial charge in [-0.1, -0.05) is 77.1 Å². The van der Waals surface area contributed by atoms with E-state index in [0.717, 1.165) is 53.0 Å². The molecule has 4 aromatic rings. The third-order valence-corrected chi connectivity index (χ3v) is 15.6. The number of imidazole rings is 1. The summed E-state index contributed by atoms with van der Waals surface area (Å²) < 4.78 is 9.90. The normalized spacial score (nSPS) is 24.5. The molecule has 11 nitrogen and oxygen atoms in total. The molecule has 8 atom stereocenters. The van der Waals surface area contributed by atoms with Gasteiger partial charge in [-0.15, -0.1) is 0 Å². The first kappa shape index (κ1) is 44.6. The maximum atomic E-state index is 14.1. The fraction of sp³-hybridized carbons (Fsp3) is 0.519. The number of H-pyrrole nitrogens is 1. The van der Waals surface area contributed by atoms with Gasteiger partial charge in [-0.05, 0) is 132 Å². The largest absolute Gasteiger partial charge is 0.469 e. The summed E-state index contributed by atoms with van der Waals surface area (Å²) >= 11 is 0. The van der Waals surface area contributed by atoms with E-state index >= 15 is 0 Å². The number of allylic oxidation sites excluding steroid dienone is 1. The number of carbonyl (C=O) groups excluding carboxylic acids is 4. The van der Waals surface area contributed by atoms with E-state index in [4.69, 9.17) is 19.5 Å². The van der Waals surface area contributed by atoms with E-state index in [2.05, 4.69) is 73.4 Å². The van der Waals surface area contributed by atoms with Gasteiger partial charge in [0.15, 0.2) is 0 Å². The molecule has 11 heteroatoms. The summed E-state index contributed by atoms with van der Waals surface area (Å²) in [5.41, 5.74) is 13.2. The molecule has 65 heavy (non-hydrogen) atoms. The molecule has 1 N–H and O–H groups in total. The highest BCUT2D eigenvalue weighted by Crippen LogP contribution is 2.58. The van der Waals surface area contributed by atoms with Crippen molar-refractivity contribution in [3.8, 4) is 22.3 Å². The highest BCUT2D eigenvalue weighted by Gasteiger charge is 2.44. The van der Waals surface area contributed by atoms with Crippen LogP contribution in [0.5, 0.6) is 0 Å². The summed E-state index contributed by atoms with van der Waals surface area (Å²) in [6, 6.07) is 20.0. The van der Waals surface area contributed by atoms with Crippen molar-refractivity contribution in [1.82, 2.24) is 19.8 Å². The predicted octanol–water partition coefficient (Wildman–Crippen LogP) is 10.4. The van der Waals surface area contributed by atoms with Gasteiger partial charge < -0.3 is 24.3 Å². The van der Waals surface area contributed by atoms with Crippen LogP contribution in [-0.4, -0.2) is 82.1 Å². The number of methoxy groups -OCH3 is 2. The van der Waals surface area contributed by atoms with E-state index in [1.165, 1.54) is 66.9 Å². The molecule has 0 spiro atoms. The number of rotatable bonds is 13. The van der Waals surface area contributed by atoms with Gasteiger partial charge >= 0.3 is 11.9 Å². The zero-order valence-electron chi connectivity index (χ0n) is 39.4. The smallest absolute Gasteiger partial charge is 0.306 e. The molecule has 2 aliphatic carbocycles. The number of aromatic nitrogens is 2. The number of aromatic amines is 1. The van der Waals surface area contributed by atoms with Gasteiger partial charge in [0.1, 0.15) is 5.82 Å². The molecular formula is C54H65N5O6. The van der Waals surface area contributed by atoms with Crippen molar-refractivity contribution in [1.29, 1.82) is 0 Å². The molecular weight excluding hydrogens is 815 g/mol. The summed E-state index contributed by atoms with van der Waals surface area (Å²) in [5.74, 6) is 0.688. The molecule has 3 aliphatic heterocycles. The van der Waals surface area contributed by atoms with Crippen LogP contribution in [0.1, 0.15) is 140 Å². The van der Waals surface area contributed by atoms with E-state index in [9.17, 15) is 19.2 Å². The van der Waals surface area contributed by atoms with Crippen LogP contribution in [0.25, 0.3) is 38.9 Å². The van der Waals surface area contributed by atoms with Gasteiger partial charge in [0.25, 0.3) is 0 Å². The second-order valence-corrected chi connectivity index (χ2v) is 20.4. The van der Waals surface area contributed by atoms with Crippen molar-refractivity contribution in [3.63, 3.8) is 0 Å². The Morgan fingerprint density at radius 1 is 0.723 bits per heavy atom. The first-order valence-corrected chi connectivity index (χ1v) is 24.0. The number of aliphatic imine (C=N–C) groups is 1. The van der Waals surface area contributed by atoms with Crippen LogP contribution in [0.15, 0.2) is 65.8 Å². The summed E-state index contributed by atoms with van der Waals surface area (Å²) in [5, 5.41) is 0. The Morgan fingerprint density at radius 2 is 1.32 bits per heavy atom. The lowest BCUT2D eigenvalue weighted by Crippen LogP contribution is -2.45. The summed E-state index contributed by atoms with van der Waals surface area (Å²) in [4.78, 5) is 70.1. The molecule has 5 aliphatic rings. The molecule has 0 radical (unpaired) electrons. The minimum Gasteiger partial charge on any atom is -0.469 e. The topological polar surface area (TPSA) is 134 Å². The maximum absolute atomic E-state index is 14.1. The highest BCUT2D eigenvalue weighted by atomic mass is 16.5. The lowest BCUT2D eigenvalue weighted by molar-refractivity contribution is -0.149. The Bertz CT molecular complexity index is 2570. The first-order chi connectivity index (χ1) is 31.2. The Hall–Kier alpha value is -5.58. The zero-order chi connectivity index (χ0) is 45.8. The summed E-state index contributed by atoms with van der Waals surface area (Å²) in [6.45, 7) is 12.9. The quantitative estimate of drug-likeness (QED) is 0.132. The number of nitrogens with zero attached hydrogens (tertiary/aromatic N) is 4. The fourth-order valence-corrected chi connectivity index (χ4v) is 11.9. The molecule has 3 fully saturated rings. The van der Waals surface area contributed by atoms with Crippen molar-refractivity contribution in [3.05, 3.63) is 83.3 Å². The number of benzene rings is 3. The molecule has 1 saturated carbocycles. The van der Waals surface area contributed by atoms with Crippen LogP contribution in [0.2, 0.25) is 0 Å². The van der Waals surface area contributed by atoms with Gasteiger partial charge in [0.2, 0.25) is 11.8 Å². The molecule has 4 heterocycles. The minimum absolute atomic E-state index is 0.00134. The monoisotopic (exact) mass is 879 g/mol. The fourth-order valence-electron chi connectivity index (χ4n) is 11.9. The summed E-state index contributed by atoms with van der Waals surface area (Å²) in [6.07, 6.45) is 9.03. The second kappa shape index (κ2) is 18.0. The van der Waals surface area contributed by atoms with Gasteiger partial charge in [-0.2, -0.15) is 0 Å². The Labute approximate surface area is 383 Å². The van der Waals surface area contributed by atoms with Crippen LogP contribution >= 0.6 is 0 Å². The van der Waals surface area contributed by atoms with Gasteiger partial charge in [-0.3, -0.25) is 24.2 Å². The number of ether oxygens (including phenoxy) is 2. The Kier molecular flexibility index (Phi) is 12.4. The molecule has 342 valence electrons. The summed E-state index contributed by atoms with van der Waals surface area (Å²) in [7, 11) is 2.75. The van der Waals surface area contributed by atoms with E-state index in [1.54, 1.807) is 0 Å². The van der Waals surface area contributed by atoms with E-state index in [-0.39, 0.29) is 66.6 Å². The predicted molar refractivity (Wildman–Crippen MR) is 254 cm³/mol. The molecule has 2 amide bonds. The van der Waals surface area contributed by atoms with E-state index < -0.39 is 11.8 Å². The van der Waals surface area contributed by atoms with Crippen LogP contribution in [0.3, 0.4) is 0 Å². The standard InChI is InChI=1S/C54H65N5O6/c1-29(2)41(25-48(60)64-7)53(62)58-28-31(5)21-47(58)45-24-38(27-55-45)33-10-12-34(13-11-33)39-17-18-40(51-37-15-14-36(22-37)50(39)51)35-16-19-43-44(23-35)57-52(56-43)46-20-9-32(6)59(46)54(63)42(30(3)4)26-49(61)65-8/h10-13,16-19,23,27,29-32,36-37,41-42,46-47H,9,14-15,20-22,24-26,28H2,1-8H3,(H,56,57)/t31-,32-,36?,37?,41-,42-,46-,47-/m0/s1. The van der Waals surface area contributed by atoms with Crippen molar-refractivity contribution >= 4 is 46.1 Å². The molecule has 2 saturated heterocycles. The first-order valence-electron chi connectivity index (χ1n) is 24.0. The van der Waals surface area contributed by atoms with E-state index in [1.807, 2.05) is 43.7 Å². The number of esters is 2. The van der Waals surface area contributed by atoms with Crippen LogP contribution in [0, 0.1) is 29.6 Å². The van der Waals surface area contributed by atoms with Crippen molar-refractivity contribution in [2.45, 2.75) is 129 Å². The van der Waals surface area contributed by atoms with Crippen LogP contribution in [0.4, 0.5) is 0 Å². The maximum Gasteiger partial charge on any atom is 0.306 e. The molecule has 3 aromatic carbocycles. The molecule has 2 unspecified atom stereocenters. The SMILES string of the molecule is COC(=O)C[C@H](C(=O)N1C[C@@H](C)C[C@H]1C1=NC=C(c2ccc(-c3ccc(-c4ccc5nc([C@@H]6CC[C@H](C)N6C(=O)[C@@H](CC(=O)OC)C(C)C)[nH]c5c4)c4c3C3CCC4C3)cc2)C1)C(C)C. The van der Waals surface area contributed by atoms with Crippen LogP contribution in [-0.2, 0) is 28.7 Å². The number of likely N-dealkylation sites (tertiary alicyclic amines) is 2. The average molecular weight is 880 g/mol. The van der Waals surface area contributed by atoms with Gasteiger partial charge in [-0.25, -0.2) is 4.98 Å². The lowest BCUT2D eigenvalue weighted by atomic mass is 9.81. The highest BCUT2D eigenvalue weighted by molar-refractivity contribution is 6.03. The van der Waals surface area contributed by atoms with Crippen molar-refractivity contribution in [2.24, 2.45) is 34.6 Å². The Balaban J connectivity index is 0.933. The number of hydrogen-bond donors (Lipinski definition) is 1. The Morgan fingerprint density at radius 3 is 1.95 bits per heavy atom. The third-order valence-electron chi connectivity index (χ3n) is 15.6. The number of amides is 2. The van der Waals surface area contributed by atoms with Crippen molar-refractivity contribution < 1.29 is 28.7 Å². The molecule has 2 bridgehead atoms. The van der Waals surface area contributed by atoms with Gasteiger partial charge in [0, 0.05) is 30.9 Å². The number of nitrogens with one attached hydrogen (secondary N) is 1. The second-order valence-electron chi connectivity index (χ2n) is 20.4. The number of fused-ring (bicyclic) bond motifs is 6. The number of hydrogen-bond acceptors (Lipinski definition) is 8. The zero-order valence-corrected chi connectivity index (χ0v) is 39.4. The lowest BCUT2D eigenvalue weighted by Gasteiger charge is -2.32. The van der Waals surface area contributed by atoms with E-state index in [0.29, 0.717) is 30.7 Å². The molecule has 1 aromatic heterocycles. The number of carbonyl (C=O) groups is 4. The van der Waals surface area contributed by atoms with Crippen LogP contribution < -0.4 is 0 Å². The average Bonchev–Trinajstić information content (AvgIpc) is 4.17. The van der Waals surface area contributed by atoms with Gasteiger partial charge in [0.05, 0.1) is 62.0 Å². The molecule has 9 rings (SSSR count). The third kappa shape index (κ3) is 8.33. The van der Waals surface area contributed by atoms with Crippen molar-refractivity contribution in [2.75, 3.05) is 20.8 Å².